The minimum Gasteiger partial charge on any atom is -0.348 e. The maximum atomic E-state index is 12.5. The molecule has 0 aliphatic carbocycles. The lowest BCUT2D eigenvalue weighted by atomic mass is 9.98. The predicted octanol–water partition coefficient (Wildman–Crippen LogP) is 3.67. The summed E-state index contributed by atoms with van der Waals surface area (Å²) in [7, 11) is 0. The fourth-order valence-corrected chi connectivity index (χ4v) is 3.07. The zero-order valence-corrected chi connectivity index (χ0v) is 14.4. The van der Waals surface area contributed by atoms with Crippen LogP contribution in [0.2, 0.25) is 0 Å². The summed E-state index contributed by atoms with van der Waals surface area (Å²) in [5.74, 6) is 0.976. The van der Waals surface area contributed by atoms with Gasteiger partial charge in [0.2, 0.25) is 0 Å². The van der Waals surface area contributed by atoms with E-state index in [0.717, 1.165) is 31.6 Å². The third kappa shape index (κ3) is 4.72. The molecule has 0 saturated carbocycles. The number of likely N-dealkylation sites (tertiary alicyclic amines) is 1. The highest BCUT2D eigenvalue weighted by atomic mass is 35.5. The average Bonchev–Trinajstić information content (AvgIpc) is 3.06. The van der Waals surface area contributed by atoms with Crippen molar-refractivity contribution in [1.82, 2.24) is 10.2 Å². The zero-order valence-electron chi connectivity index (χ0n) is 13.6. The van der Waals surface area contributed by atoms with Gasteiger partial charge in [0.25, 0.3) is 5.91 Å². The monoisotopic (exact) mass is 322 g/mol. The van der Waals surface area contributed by atoms with E-state index in [4.69, 9.17) is 11.6 Å². The Morgan fingerprint density at radius 1 is 1.27 bits per heavy atom. The normalized spacial score (nSPS) is 18.1. The Labute approximate surface area is 139 Å². The maximum absolute atomic E-state index is 12.5. The summed E-state index contributed by atoms with van der Waals surface area (Å²) in [4.78, 5) is 15.0. The molecule has 122 valence electrons. The van der Waals surface area contributed by atoms with Crippen LogP contribution >= 0.6 is 11.6 Å². The highest BCUT2D eigenvalue weighted by molar-refractivity contribution is 6.17. The molecule has 22 heavy (non-hydrogen) atoms. The van der Waals surface area contributed by atoms with Crippen LogP contribution in [0.5, 0.6) is 0 Å². The second-order valence-corrected chi connectivity index (χ2v) is 6.57. The van der Waals surface area contributed by atoms with Gasteiger partial charge >= 0.3 is 0 Å². The Morgan fingerprint density at radius 3 is 2.45 bits per heavy atom. The van der Waals surface area contributed by atoms with Crippen LogP contribution < -0.4 is 5.32 Å². The SMILES string of the molecule is CCC(C)C(CN1CCCC1)NC(=O)c1ccc(CCl)cc1. The van der Waals surface area contributed by atoms with E-state index >= 15 is 0 Å². The van der Waals surface area contributed by atoms with Crippen molar-refractivity contribution in [2.45, 2.75) is 45.0 Å². The van der Waals surface area contributed by atoms with Gasteiger partial charge in [0.05, 0.1) is 0 Å². The number of nitrogens with one attached hydrogen (secondary N) is 1. The Kier molecular flexibility index (Phi) is 6.71. The molecule has 2 rings (SSSR count). The lowest BCUT2D eigenvalue weighted by molar-refractivity contribution is 0.0909. The van der Waals surface area contributed by atoms with E-state index in [2.05, 4.69) is 24.1 Å². The molecule has 0 radical (unpaired) electrons. The number of amides is 1. The van der Waals surface area contributed by atoms with Gasteiger partial charge in [-0.05, 0) is 49.5 Å². The van der Waals surface area contributed by atoms with E-state index in [1.165, 1.54) is 12.8 Å². The van der Waals surface area contributed by atoms with Gasteiger partial charge in [-0.15, -0.1) is 11.6 Å². The van der Waals surface area contributed by atoms with Crippen LogP contribution in [0.15, 0.2) is 24.3 Å². The summed E-state index contributed by atoms with van der Waals surface area (Å²) in [5.41, 5.74) is 1.75. The number of carbonyl (C=O) groups excluding carboxylic acids is 1. The van der Waals surface area contributed by atoms with Crippen molar-refractivity contribution in [3.63, 3.8) is 0 Å². The van der Waals surface area contributed by atoms with E-state index in [1.54, 1.807) is 0 Å². The van der Waals surface area contributed by atoms with Crippen molar-refractivity contribution >= 4 is 17.5 Å². The predicted molar refractivity (Wildman–Crippen MR) is 92.4 cm³/mol. The van der Waals surface area contributed by atoms with Gasteiger partial charge in [0.1, 0.15) is 0 Å². The number of carbonyl (C=O) groups is 1. The van der Waals surface area contributed by atoms with Crippen LogP contribution in [-0.2, 0) is 5.88 Å². The highest BCUT2D eigenvalue weighted by Crippen LogP contribution is 2.15. The number of rotatable bonds is 7. The van der Waals surface area contributed by atoms with Gasteiger partial charge in [0.15, 0.2) is 0 Å². The zero-order chi connectivity index (χ0) is 15.9. The second kappa shape index (κ2) is 8.54. The van der Waals surface area contributed by atoms with Crippen LogP contribution in [0, 0.1) is 5.92 Å². The molecule has 3 nitrogen and oxygen atoms in total. The molecule has 4 heteroatoms. The molecular weight excluding hydrogens is 296 g/mol. The summed E-state index contributed by atoms with van der Waals surface area (Å²) < 4.78 is 0. The van der Waals surface area contributed by atoms with Gasteiger partial charge in [-0.2, -0.15) is 0 Å². The molecule has 1 N–H and O–H groups in total. The van der Waals surface area contributed by atoms with Gasteiger partial charge in [-0.25, -0.2) is 0 Å². The average molecular weight is 323 g/mol. The van der Waals surface area contributed by atoms with Crippen molar-refractivity contribution in [1.29, 1.82) is 0 Å². The summed E-state index contributed by atoms with van der Waals surface area (Å²) >= 11 is 5.79. The molecule has 0 bridgehead atoms. The summed E-state index contributed by atoms with van der Waals surface area (Å²) in [5, 5.41) is 3.23. The van der Waals surface area contributed by atoms with E-state index in [1.807, 2.05) is 24.3 Å². The lowest BCUT2D eigenvalue weighted by Gasteiger charge is -2.28. The van der Waals surface area contributed by atoms with Crippen LogP contribution in [0.1, 0.15) is 49.0 Å². The smallest absolute Gasteiger partial charge is 0.251 e. The summed E-state index contributed by atoms with van der Waals surface area (Å²) in [6, 6.07) is 7.76. The highest BCUT2D eigenvalue weighted by Gasteiger charge is 2.23. The van der Waals surface area contributed by atoms with Crippen molar-refractivity contribution < 1.29 is 4.79 Å². The third-order valence-electron chi connectivity index (χ3n) is 4.67. The maximum Gasteiger partial charge on any atom is 0.251 e. The Bertz CT molecular complexity index is 468. The molecule has 0 aromatic heterocycles. The molecule has 1 saturated heterocycles. The topological polar surface area (TPSA) is 32.3 Å². The van der Waals surface area contributed by atoms with Crippen LogP contribution in [0.25, 0.3) is 0 Å². The van der Waals surface area contributed by atoms with Gasteiger partial charge in [-0.1, -0.05) is 32.4 Å². The second-order valence-electron chi connectivity index (χ2n) is 6.30. The number of hydrogen-bond acceptors (Lipinski definition) is 2. The van der Waals surface area contributed by atoms with E-state index < -0.39 is 0 Å². The molecule has 2 atom stereocenters. The lowest BCUT2D eigenvalue weighted by Crippen LogP contribution is -2.46. The number of halogens is 1. The molecule has 1 fully saturated rings. The first kappa shape index (κ1) is 17.3. The molecule has 0 spiro atoms. The first-order valence-corrected chi connectivity index (χ1v) is 8.85. The number of nitrogens with zero attached hydrogens (tertiary/aromatic N) is 1. The summed E-state index contributed by atoms with van der Waals surface area (Å²) in [6.45, 7) is 7.68. The van der Waals surface area contributed by atoms with E-state index in [0.29, 0.717) is 17.4 Å². The number of hydrogen-bond donors (Lipinski definition) is 1. The molecule has 1 amide bonds. The molecule has 1 aromatic carbocycles. The van der Waals surface area contributed by atoms with Crippen molar-refractivity contribution in [3.8, 4) is 0 Å². The standard InChI is InChI=1S/C18H27ClN2O/c1-3-14(2)17(13-21-10-4-5-11-21)20-18(22)16-8-6-15(12-19)7-9-16/h6-9,14,17H,3-5,10-13H2,1-2H3,(H,20,22). The van der Waals surface area contributed by atoms with Gasteiger partial charge in [-0.3, -0.25) is 4.79 Å². The van der Waals surface area contributed by atoms with Crippen molar-refractivity contribution in [2.24, 2.45) is 5.92 Å². The fraction of sp³-hybridized carbons (Fsp3) is 0.611. The quantitative estimate of drug-likeness (QED) is 0.777. The Hall–Kier alpha value is -1.06. The van der Waals surface area contributed by atoms with Crippen molar-refractivity contribution in [3.05, 3.63) is 35.4 Å². The number of benzene rings is 1. The van der Waals surface area contributed by atoms with Crippen LogP contribution in [0.3, 0.4) is 0 Å². The molecule has 1 aliphatic heterocycles. The first-order chi connectivity index (χ1) is 10.6. The van der Waals surface area contributed by atoms with Crippen LogP contribution in [-0.4, -0.2) is 36.5 Å². The third-order valence-corrected chi connectivity index (χ3v) is 4.98. The largest absolute Gasteiger partial charge is 0.348 e. The van der Waals surface area contributed by atoms with E-state index in [9.17, 15) is 4.79 Å². The van der Waals surface area contributed by atoms with Gasteiger partial charge in [0, 0.05) is 24.0 Å². The van der Waals surface area contributed by atoms with E-state index in [-0.39, 0.29) is 11.9 Å². The fourth-order valence-electron chi connectivity index (χ4n) is 2.89. The Morgan fingerprint density at radius 2 is 1.91 bits per heavy atom. The molecule has 1 heterocycles. The van der Waals surface area contributed by atoms with Gasteiger partial charge < -0.3 is 10.2 Å². The minimum absolute atomic E-state index is 0.0191. The molecular formula is C18H27ClN2O. The first-order valence-electron chi connectivity index (χ1n) is 8.32. The van der Waals surface area contributed by atoms with Crippen LogP contribution in [0.4, 0.5) is 0 Å². The minimum atomic E-state index is 0.0191. The molecule has 2 unspecified atom stereocenters. The number of alkyl halides is 1. The summed E-state index contributed by atoms with van der Waals surface area (Å²) in [6.07, 6.45) is 3.63. The Balaban J connectivity index is 1.99. The molecule has 1 aromatic rings. The molecule has 1 aliphatic rings. The van der Waals surface area contributed by atoms with Crippen molar-refractivity contribution in [2.75, 3.05) is 19.6 Å².